The molecule has 0 spiro atoms. The van der Waals surface area contributed by atoms with E-state index < -0.39 is 0 Å². The van der Waals surface area contributed by atoms with Gasteiger partial charge in [-0.25, -0.2) is 9.78 Å². The molecular formula is C22H22BrN3O4S2. The molecule has 0 saturated carbocycles. The summed E-state index contributed by atoms with van der Waals surface area (Å²) in [5.74, 6) is 0.164. The Hall–Kier alpha value is -2.17. The van der Waals surface area contributed by atoms with Gasteiger partial charge >= 0.3 is 6.09 Å². The highest BCUT2D eigenvalue weighted by atomic mass is 79.9. The smallest absolute Gasteiger partial charge is 0.409 e. The maximum Gasteiger partial charge on any atom is 0.409 e. The lowest BCUT2D eigenvalue weighted by molar-refractivity contribution is 0.0914. The number of thioether (sulfide) groups is 1. The minimum absolute atomic E-state index is 0.0224. The Morgan fingerprint density at radius 1 is 1.22 bits per heavy atom. The fraction of sp³-hybridized carbons (Fsp3) is 0.364. The SMILES string of the molecule is CCOC(=O)N1CCC(n2c(SCC(=O)c3ccc(Br)cc3)nc3ccsc3c2=O)CC1. The van der Waals surface area contributed by atoms with E-state index in [4.69, 9.17) is 9.72 Å². The third-order valence-electron chi connectivity index (χ3n) is 5.33. The number of hydrogen-bond donors (Lipinski definition) is 0. The Bertz CT molecular complexity index is 1180. The van der Waals surface area contributed by atoms with Crippen molar-refractivity contribution in [2.75, 3.05) is 25.4 Å². The van der Waals surface area contributed by atoms with Gasteiger partial charge in [0.2, 0.25) is 0 Å². The molecule has 4 rings (SSSR count). The molecule has 3 aromatic rings. The molecular weight excluding hydrogens is 514 g/mol. The van der Waals surface area contributed by atoms with E-state index in [9.17, 15) is 14.4 Å². The van der Waals surface area contributed by atoms with E-state index in [1.54, 1.807) is 28.5 Å². The highest BCUT2D eigenvalue weighted by molar-refractivity contribution is 9.10. The second-order valence-corrected chi connectivity index (χ2v) is 10.1. The van der Waals surface area contributed by atoms with Crippen molar-refractivity contribution < 1.29 is 14.3 Å². The number of Topliss-reactive ketones (excluding diaryl/α,β-unsaturated/α-hetero) is 1. The predicted molar refractivity (Wildman–Crippen MR) is 130 cm³/mol. The summed E-state index contributed by atoms with van der Waals surface area (Å²) in [6.07, 6.45) is 0.941. The van der Waals surface area contributed by atoms with E-state index in [2.05, 4.69) is 15.9 Å². The number of benzene rings is 1. The summed E-state index contributed by atoms with van der Waals surface area (Å²) in [6.45, 7) is 3.15. The molecule has 0 unspecified atom stereocenters. The van der Waals surface area contributed by atoms with Gasteiger partial charge in [-0.2, -0.15) is 0 Å². The van der Waals surface area contributed by atoms with Gasteiger partial charge in [-0.05, 0) is 43.3 Å². The zero-order valence-corrected chi connectivity index (χ0v) is 20.7. The number of ether oxygens (including phenoxy) is 1. The summed E-state index contributed by atoms with van der Waals surface area (Å²) in [4.78, 5) is 44.4. The number of likely N-dealkylation sites (tertiary alicyclic amines) is 1. The maximum atomic E-state index is 13.3. The maximum absolute atomic E-state index is 13.3. The first kappa shape index (κ1) is 23.0. The third-order valence-corrected chi connectivity index (χ3v) is 7.71. The van der Waals surface area contributed by atoms with Crippen LogP contribution in [0.1, 0.15) is 36.2 Å². The van der Waals surface area contributed by atoms with Crippen molar-refractivity contribution in [2.45, 2.75) is 31.0 Å². The number of carbonyl (C=O) groups excluding carboxylic acids is 2. The largest absolute Gasteiger partial charge is 0.450 e. The summed E-state index contributed by atoms with van der Waals surface area (Å²) >= 11 is 6.04. The van der Waals surface area contributed by atoms with E-state index in [1.807, 2.05) is 23.6 Å². The Morgan fingerprint density at radius 3 is 2.62 bits per heavy atom. The Morgan fingerprint density at radius 2 is 1.94 bits per heavy atom. The van der Waals surface area contributed by atoms with E-state index in [0.29, 0.717) is 53.5 Å². The molecule has 0 radical (unpaired) electrons. The zero-order chi connectivity index (χ0) is 22.7. The van der Waals surface area contributed by atoms with E-state index in [0.717, 1.165) is 4.47 Å². The van der Waals surface area contributed by atoms with Crippen molar-refractivity contribution in [3.05, 3.63) is 56.1 Å². The van der Waals surface area contributed by atoms with E-state index >= 15 is 0 Å². The molecule has 1 fully saturated rings. The summed E-state index contributed by atoms with van der Waals surface area (Å²) in [5.41, 5.74) is 1.19. The summed E-state index contributed by atoms with van der Waals surface area (Å²) in [7, 11) is 0. The number of halogens is 1. The average Bonchev–Trinajstić information content (AvgIpc) is 3.27. The fourth-order valence-corrected chi connectivity index (χ4v) is 5.69. The molecule has 1 saturated heterocycles. The number of amides is 1. The van der Waals surface area contributed by atoms with Crippen LogP contribution in [-0.2, 0) is 4.74 Å². The number of nitrogens with zero attached hydrogens (tertiary/aromatic N) is 3. The van der Waals surface area contributed by atoms with Gasteiger partial charge in [0, 0.05) is 29.2 Å². The van der Waals surface area contributed by atoms with Gasteiger partial charge in [0.15, 0.2) is 10.9 Å². The minimum atomic E-state index is -0.320. The molecule has 0 atom stereocenters. The number of thiophene rings is 1. The number of ketones is 1. The second kappa shape index (κ2) is 10.2. The molecule has 7 nitrogen and oxygen atoms in total. The third kappa shape index (κ3) is 4.92. The van der Waals surface area contributed by atoms with Crippen molar-refractivity contribution >= 4 is 61.1 Å². The van der Waals surface area contributed by atoms with Crippen LogP contribution in [0.25, 0.3) is 10.2 Å². The first-order valence-corrected chi connectivity index (χ1v) is 13.0. The molecule has 2 aromatic heterocycles. The van der Waals surface area contributed by atoms with Gasteiger partial charge in [-0.3, -0.25) is 14.2 Å². The molecule has 32 heavy (non-hydrogen) atoms. The van der Waals surface area contributed by atoms with Crippen LogP contribution in [0.4, 0.5) is 4.79 Å². The number of carbonyl (C=O) groups is 2. The van der Waals surface area contributed by atoms with E-state index in [1.165, 1.54) is 23.1 Å². The van der Waals surface area contributed by atoms with Gasteiger partial charge in [0.1, 0.15) is 4.70 Å². The first-order valence-electron chi connectivity index (χ1n) is 10.3. The van der Waals surface area contributed by atoms with Gasteiger partial charge in [-0.15, -0.1) is 11.3 Å². The Balaban J connectivity index is 1.56. The van der Waals surface area contributed by atoms with Crippen LogP contribution in [0.3, 0.4) is 0 Å². The van der Waals surface area contributed by atoms with Crippen LogP contribution in [-0.4, -0.2) is 51.8 Å². The molecule has 1 amide bonds. The number of fused-ring (bicyclic) bond motifs is 1. The highest BCUT2D eigenvalue weighted by Gasteiger charge is 2.28. The van der Waals surface area contributed by atoms with Crippen molar-refractivity contribution in [1.29, 1.82) is 0 Å². The van der Waals surface area contributed by atoms with E-state index in [-0.39, 0.29) is 29.2 Å². The fourth-order valence-electron chi connectivity index (χ4n) is 3.70. The van der Waals surface area contributed by atoms with Gasteiger partial charge in [0.05, 0.1) is 17.9 Å². The number of piperidine rings is 1. The summed E-state index contributed by atoms with van der Waals surface area (Å²) in [6, 6.07) is 8.97. The van der Waals surface area contributed by atoms with Crippen LogP contribution in [0.5, 0.6) is 0 Å². The molecule has 3 heterocycles. The average molecular weight is 536 g/mol. The highest BCUT2D eigenvalue weighted by Crippen LogP contribution is 2.29. The van der Waals surface area contributed by atoms with Crippen LogP contribution < -0.4 is 5.56 Å². The molecule has 1 aliphatic heterocycles. The molecule has 1 aromatic carbocycles. The monoisotopic (exact) mass is 535 g/mol. The molecule has 0 N–H and O–H groups in total. The number of aromatic nitrogens is 2. The van der Waals surface area contributed by atoms with Gasteiger partial charge in [-0.1, -0.05) is 39.8 Å². The lowest BCUT2D eigenvalue weighted by Gasteiger charge is -2.32. The molecule has 168 valence electrons. The van der Waals surface area contributed by atoms with Crippen LogP contribution in [0.15, 0.2) is 50.1 Å². The summed E-state index contributed by atoms with van der Waals surface area (Å²) in [5, 5.41) is 2.40. The predicted octanol–water partition coefficient (Wildman–Crippen LogP) is 4.99. The first-order chi connectivity index (χ1) is 15.5. The van der Waals surface area contributed by atoms with Crippen molar-refractivity contribution in [2.24, 2.45) is 0 Å². The Labute approximate surface area is 201 Å². The quantitative estimate of drug-likeness (QED) is 0.251. The molecule has 1 aliphatic rings. The number of hydrogen-bond acceptors (Lipinski definition) is 7. The second-order valence-electron chi connectivity index (χ2n) is 7.34. The molecule has 0 aliphatic carbocycles. The lowest BCUT2D eigenvalue weighted by atomic mass is 10.1. The lowest BCUT2D eigenvalue weighted by Crippen LogP contribution is -2.41. The van der Waals surface area contributed by atoms with Crippen LogP contribution in [0.2, 0.25) is 0 Å². The van der Waals surface area contributed by atoms with Crippen molar-refractivity contribution in [3.8, 4) is 0 Å². The van der Waals surface area contributed by atoms with Crippen LogP contribution in [0, 0.1) is 0 Å². The minimum Gasteiger partial charge on any atom is -0.450 e. The zero-order valence-electron chi connectivity index (χ0n) is 17.5. The topological polar surface area (TPSA) is 81.5 Å². The van der Waals surface area contributed by atoms with Gasteiger partial charge < -0.3 is 9.64 Å². The standard InChI is InChI=1S/C22H22BrN3O4S2/c1-2-30-22(29)25-10-7-16(8-11-25)26-20(28)19-17(9-12-31-19)24-21(26)32-13-18(27)14-3-5-15(23)6-4-14/h3-6,9,12,16H,2,7-8,10-11,13H2,1H3. The summed E-state index contributed by atoms with van der Waals surface area (Å²) < 4.78 is 8.34. The molecule has 0 bridgehead atoms. The van der Waals surface area contributed by atoms with Crippen molar-refractivity contribution in [3.63, 3.8) is 0 Å². The number of rotatable bonds is 6. The Kier molecular flexibility index (Phi) is 7.32. The van der Waals surface area contributed by atoms with Crippen molar-refractivity contribution in [1.82, 2.24) is 14.5 Å². The van der Waals surface area contributed by atoms with Crippen LogP contribution >= 0.6 is 39.0 Å². The normalized spacial score (nSPS) is 14.6. The molecule has 10 heteroatoms. The van der Waals surface area contributed by atoms with Gasteiger partial charge in [0.25, 0.3) is 5.56 Å².